The molecule has 2 heterocycles. The van der Waals surface area contributed by atoms with Crippen molar-refractivity contribution in [2.45, 2.75) is 12.4 Å². The molecule has 2 N–H and O–H groups in total. The zero-order chi connectivity index (χ0) is 17.4. The predicted octanol–water partition coefficient (Wildman–Crippen LogP) is 3.25. The van der Waals surface area contributed by atoms with E-state index in [-0.39, 0.29) is 0 Å². The molecule has 0 spiro atoms. The lowest BCUT2D eigenvalue weighted by molar-refractivity contribution is -0.142. The SMILES string of the molecule is O=C(Nc1cc(C(F)(F)F)[nH]n1)c1cnc(C(F)(F)F)c(Br)n1. The number of alkyl halides is 6. The van der Waals surface area contributed by atoms with Crippen molar-refractivity contribution in [2.75, 3.05) is 5.32 Å². The number of carbonyl (C=O) groups excluding carboxylic acids is 1. The second kappa shape index (κ2) is 5.79. The molecule has 0 aliphatic heterocycles. The summed E-state index contributed by atoms with van der Waals surface area (Å²) in [7, 11) is 0. The maximum absolute atomic E-state index is 12.5. The summed E-state index contributed by atoms with van der Waals surface area (Å²) in [4.78, 5) is 18.1. The van der Waals surface area contributed by atoms with Gasteiger partial charge in [-0.3, -0.25) is 9.89 Å². The lowest BCUT2D eigenvalue weighted by atomic mass is 10.3. The summed E-state index contributed by atoms with van der Waals surface area (Å²) in [5.74, 6) is -1.55. The normalized spacial score (nSPS) is 12.3. The van der Waals surface area contributed by atoms with Crippen LogP contribution in [-0.4, -0.2) is 26.1 Å². The highest BCUT2D eigenvalue weighted by atomic mass is 79.9. The Hall–Kier alpha value is -2.18. The van der Waals surface area contributed by atoms with Gasteiger partial charge in [-0.05, 0) is 15.9 Å². The molecule has 0 bridgehead atoms. The molecular formula is C10H4BrF6N5O. The van der Waals surface area contributed by atoms with Crippen molar-refractivity contribution >= 4 is 27.7 Å². The molecule has 0 aliphatic rings. The fourth-order valence-electron chi connectivity index (χ4n) is 1.38. The van der Waals surface area contributed by atoms with Crippen molar-refractivity contribution in [1.82, 2.24) is 20.2 Å². The topological polar surface area (TPSA) is 83.6 Å². The number of hydrogen-bond acceptors (Lipinski definition) is 4. The van der Waals surface area contributed by atoms with Crippen LogP contribution in [0.2, 0.25) is 0 Å². The van der Waals surface area contributed by atoms with Gasteiger partial charge in [0.15, 0.2) is 11.5 Å². The number of aromatic amines is 1. The molecule has 2 aromatic rings. The van der Waals surface area contributed by atoms with Crippen molar-refractivity contribution in [1.29, 1.82) is 0 Å². The zero-order valence-electron chi connectivity index (χ0n) is 10.6. The van der Waals surface area contributed by atoms with Crippen molar-refractivity contribution in [2.24, 2.45) is 0 Å². The highest BCUT2D eigenvalue weighted by Gasteiger charge is 2.36. The number of rotatable bonds is 2. The first-order valence-corrected chi connectivity index (χ1v) is 6.31. The van der Waals surface area contributed by atoms with E-state index in [2.05, 4.69) is 31.0 Å². The third-order valence-electron chi connectivity index (χ3n) is 2.36. The van der Waals surface area contributed by atoms with Crippen LogP contribution in [0.1, 0.15) is 21.9 Å². The average Bonchev–Trinajstić information content (AvgIpc) is 2.85. The first-order valence-electron chi connectivity index (χ1n) is 5.52. The molecular weight excluding hydrogens is 400 g/mol. The molecule has 0 unspecified atom stereocenters. The summed E-state index contributed by atoms with van der Waals surface area (Å²) in [6, 6.07) is 0.518. The lowest BCUT2D eigenvalue weighted by Gasteiger charge is -2.08. The molecule has 124 valence electrons. The summed E-state index contributed by atoms with van der Waals surface area (Å²) in [6.45, 7) is 0. The average molecular weight is 404 g/mol. The Labute approximate surface area is 131 Å². The van der Waals surface area contributed by atoms with E-state index in [4.69, 9.17) is 0 Å². The molecule has 2 aromatic heterocycles. The molecule has 6 nitrogen and oxygen atoms in total. The molecule has 0 saturated heterocycles. The van der Waals surface area contributed by atoms with Gasteiger partial charge in [0, 0.05) is 6.07 Å². The Kier molecular flexibility index (Phi) is 4.32. The van der Waals surface area contributed by atoms with Crippen molar-refractivity contribution in [3.63, 3.8) is 0 Å². The minimum Gasteiger partial charge on any atom is -0.304 e. The van der Waals surface area contributed by atoms with Gasteiger partial charge < -0.3 is 5.32 Å². The number of amides is 1. The number of H-pyrrole nitrogens is 1. The standard InChI is InChI=1S/C10H4BrF6N5O/c11-7-6(10(15,16)17)18-2-3(19-7)8(23)20-5-1-4(21-22-5)9(12,13)14/h1-2H,(H2,20,21,22,23). The van der Waals surface area contributed by atoms with Crippen molar-refractivity contribution in [3.05, 3.63) is 33.9 Å². The molecule has 0 fully saturated rings. The van der Waals surface area contributed by atoms with Gasteiger partial charge in [-0.15, -0.1) is 0 Å². The molecule has 0 atom stereocenters. The quantitative estimate of drug-likeness (QED) is 0.753. The number of halogens is 7. The number of anilines is 1. The Morgan fingerprint density at radius 2 is 1.83 bits per heavy atom. The second-order valence-electron chi connectivity index (χ2n) is 4.01. The number of hydrogen-bond donors (Lipinski definition) is 2. The maximum atomic E-state index is 12.5. The Balaban J connectivity index is 2.18. The van der Waals surface area contributed by atoms with Gasteiger partial charge in [0.2, 0.25) is 0 Å². The molecule has 2 rings (SSSR count). The molecule has 1 amide bonds. The van der Waals surface area contributed by atoms with Crippen LogP contribution in [0.3, 0.4) is 0 Å². The molecule has 23 heavy (non-hydrogen) atoms. The van der Waals surface area contributed by atoms with Crippen LogP contribution in [0.25, 0.3) is 0 Å². The van der Waals surface area contributed by atoms with Crippen LogP contribution in [-0.2, 0) is 12.4 Å². The third kappa shape index (κ3) is 3.97. The van der Waals surface area contributed by atoms with Gasteiger partial charge in [-0.25, -0.2) is 9.97 Å². The minimum absolute atomic E-state index is 0.472. The summed E-state index contributed by atoms with van der Waals surface area (Å²) < 4.78 is 73.8. The first kappa shape index (κ1) is 17.2. The van der Waals surface area contributed by atoms with Gasteiger partial charge in [0.1, 0.15) is 16.0 Å². The van der Waals surface area contributed by atoms with Gasteiger partial charge in [0.25, 0.3) is 5.91 Å². The van der Waals surface area contributed by atoms with Crippen LogP contribution in [0.4, 0.5) is 32.2 Å². The van der Waals surface area contributed by atoms with E-state index in [1.54, 1.807) is 5.10 Å². The summed E-state index contributed by atoms with van der Waals surface area (Å²) >= 11 is 2.52. The predicted molar refractivity (Wildman–Crippen MR) is 66.3 cm³/mol. The van der Waals surface area contributed by atoms with E-state index >= 15 is 0 Å². The second-order valence-corrected chi connectivity index (χ2v) is 4.76. The lowest BCUT2D eigenvalue weighted by Crippen LogP contribution is -2.17. The van der Waals surface area contributed by atoms with E-state index in [9.17, 15) is 31.1 Å². The van der Waals surface area contributed by atoms with E-state index in [1.165, 1.54) is 0 Å². The van der Waals surface area contributed by atoms with E-state index in [1.807, 2.05) is 5.32 Å². The van der Waals surface area contributed by atoms with E-state index in [0.717, 1.165) is 0 Å². The molecule has 0 aliphatic carbocycles. The van der Waals surface area contributed by atoms with Gasteiger partial charge in [0.05, 0.1) is 6.20 Å². The Bertz CT molecular complexity index is 740. The number of aromatic nitrogens is 4. The fourth-order valence-corrected chi connectivity index (χ4v) is 1.90. The highest BCUT2D eigenvalue weighted by molar-refractivity contribution is 9.10. The fraction of sp³-hybridized carbons (Fsp3) is 0.200. The summed E-state index contributed by atoms with van der Waals surface area (Å²) in [5.41, 5.74) is -3.08. The summed E-state index contributed by atoms with van der Waals surface area (Å²) in [6.07, 6.45) is -8.92. The molecule has 13 heteroatoms. The van der Waals surface area contributed by atoms with E-state index < -0.39 is 45.8 Å². The smallest absolute Gasteiger partial charge is 0.304 e. The highest BCUT2D eigenvalue weighted by Crippen LogP contribution is 2.32. The van der Waals surface area contributed by atoms with Crippen molar-refractivity contribution < 1.29 is 31.1 Å². The number of carbonyl (C=O) groups is 1. The van der Waals surface area contributed by atoms with Gasteiger partial charge >= 0.3 is 12.4 Å². The summed E-state index contributed by atoms with van der Waals surface area (Å²) in [5, 5.41) is 6.82. The maximum Gasteiger partial charge on any atom is 0.436 e. The van der Waals surface area contributed by atoms with Gasteiger partial charge in [-0.2, -0.15) is 31.4 Å². The monoisotopic (exact) mass is 403 g/mol. The van der Waals surface area contributed by atoms with Crippen LogP contribution in [0.5, 0.6) is 0 Å². The third-order valence-corrected chi connectivity index (χ3v) is 2.91. The molecule has 0 radical (unpaired) electrons. The molecule has 0 aromatic carbocycles. The first-order chi connectivity index (χ1) is 10.5. The zero-order valence-corrected chi connectivity index (χ0v) is 12.1. The number of nitrogens with one attached hydrogen (secondary N) is 2. The Morgan fingerprint density at radius 1 is 1.17 bits per heavy atom. The molecule has 0 saturated carbocycles. The van der Waals surface area contributed by atoms with Crippen LogP contribution in [0.15, 0.2) is 16.9 Å². The number of nitrogens with zero attached hydrogens (tertiary/aromatic N) is 3. The van der Waals surface area contributed by atoms with Crippen LogP contribution >= 0.6 is 15.9 Å². The van der Waals surface area contributed by atoms with Gasteiger partial charge in [-0.1, -0.05) is 0 Å². The largest absolute Gasteiger partial charge is 0.436 e. The van der Waals surface area contributed by atoms with E-state index in [0.29, 0.717) is 12.3 Å². The Morgan fingerprint density at radius 3 is 2.30 bits per heavy atom. The van der Waals surface area contributed by atoms with Crippen molar-refractivity contribution in [3.8, 4) is 0 Å². The minimum atomic E-state index is -4.77. The van der Waals surface area contributed by atoms with Crippen LogP contribution < -0.4 is 5.32 Å². The van der Waals surface area contributed by atoms with Crippen LogP contribution in [0, 0.1) is 0 Å².